The molecule has 8 nitrogen and oxygen atoms in total. The smallest absolute Gasteiger partial charge is 0.322 e. The van der Waals surface area contributed by atoms with Crippen LogP contribution in [0.3, 0.4) is 0 Å². The number of nitrogens with one attached hydrogen (secondary N) is 1. The predicted octanol–water partition coefficient (Wildman–Crippen LogP) is 5.67. The molecular weight excluding hydrogens is 526 g/mol. The zero-order valence-electron chi connectivity index (χ0n) is 23.8. The lowest BCUT2D eigenvalue weighted by Crippen LogP contribution is -2.47. The summed E-state index contributed by atoms with van der Waals surface area (Å²) in [7, 11) is 3.22. The van der Waals surface area contributed by atoms with Crippen molar-refractivity contribution in [2.24, 2.45) is 0 Å². The maximum atomic E-state index is 13.8. The maximum absolute atomic E-state index is 13.8. The molecule has 40 heavy (non-hydrogen) atoms. The first-order valence-corrected chi connectivity index (χ1v) is 14.5. The van der Waals surface area contributed by atoms with Crippen molar-refractivity contribution in [1.29, 1.82) is 0 Å². The van der Waals surface area contributed by atoms with E-state index in [1.54, 1.807) is 30.5 Å². The van der Waals surface area contributed by atoms with Crippen LogP contribution in [0, 0.1) is 13.8 Å². The van der Waals surface area contributed by atoms with Crippen LogP contribution in [-0.2, 0) is 22.5 Å². The molecule has 0 saturated carbocycles. The molecule has 214 valence electrons. The number of amides is 3. The molecule has 9 heteroatoms. The van der Waals surface area contributed by atoms with Crippen LogP contribution in [0.1, 0.15) is 34.4 Å². The highest BCUT2D eigenvalue weighted by molar-refractivity contribution is 7.09. The average molecular weight is 566 g/mol. The highest BCUT2D eigenvalue weighted by Gasteiger charge is 2.27. The Morgan fingerprint density at radius 3 is 2.52 bits per heavy atom. The van der Waals surface area contributed by atoms with Crippen molar-refractivity contribution < 1.29 is 23.8 Å². The first-order chi connectivity index (χ1) is 19.4. The van der Waals surface area contributed by atoms with Gasteiger partial charge >= 0.3 is 6.03 Å². The third kappa shape index (κ3) is 7.99. The third-order valence-electron chi connectivity index (χ3n) is 7.22. The van der Waals surface area contributed by atoms with Gasteiger partial charge in [-0.2, -0.15) is 0 Å². The van der Waals surface area contributed by atoms with E-state index >= 15 is 0 Å². The van der Waals surface area contributed by atoms with Crippen LogP contribution in [0.25, 0.3) is 0 Å². The molecule has 1 aromatic heterocycles. The monoisotopic (exact) mass is 565 g/mol. The fourth-order valence-electron chi connectivity index (χ4n) is 4.72. The number of aryl methyl sites for hydroxylation is 2. The van der Waals surface area contributed by atoms with Gasteiger partial charge in [-0.25, -0.2) is 4.79 Å². The summed E-state index contributed by atoms with van der Waals surface area (Å²) >= 11 is 1.61. The minimum Gasteiger partial charge on any atom is -0.493 e. The van der Waals surface area contributed by atoms with Gasteiger partial charge in [0.25, 0.3) is 0 Å². The Bertz CT molecular complexity index is 1270. The van der Waals surface area contributed by atoms with Crippen LogP contribution in [0.5, 0.6) is 11.5 Å². The Labute approximate surface area is 240 Å². The Morgan fingerprint density at radius 1 is 1.02 bits per heavy atom. The van der Waals surface area contributed by atoms with Crippen molar-refractivity contribution in [1.82, 2.24) is 9.80 Å². The topological polar surface area (TPSA) is 80.3 Å². The fourth-order valence-corrected chi connectivity index (χ4v) is 5.44. The van der Waals surface area contributed by atoms with Gasteiger partial charge in [-0.3, -0.25) is 4.79 Å². The van der Waals surface area contributed by atoms with Crippen molar-refractivity contribution in [3.05, 3.63) is 75.5 Å². The number of nitrogens with zero attached hydrogens (tertiary/aromatic N) is 2. The summed E-state index contributed by atoms with van der Waals surface area (Å²) in [4.78, 5) is 31.7. The van der Waals surface area contributed by atoms with Crippen molar-refractivity contribution in [3.63, 3.8) is 0 Å². The van der Waals surface area contributed by atoms with Crippen LogP contribution >= 0.6 is 11.3 Å². The first-order valence-electron chi connectivity index (χ1n) is 13.6. The molecular formula is C31H39N3O5S. The first kappa shape index (κ1) is 29.4. The summed E-state index contributed by atoms with van der Waals surface area (Å²) in [5, 5.41) is 5.00. The molecule has 2 heterocycles. The van der Waals surface area contributed by atoms with E-state index in [0.29, 0.717) is 49.8 Å². The molecule has 1 aliphatic rings. The maximum Gasteiger partial charge on any atom is 0.322 e. The number of carbonyl (C=O) groups excluding carboxylic acids is 2. The minimum absolute atomic E-state index is 0.0339. The van der Waals surface area contributed by atoms with E-state index in [1.807, 2.05) is 72.7 Å². The molecule has 3 aromatic rings. The molecule has 1 saturated heterocycles. The van der Waals surface area contributed by atoms with E-state index in [0.717, 1.165) is 34.4 Å². The van der Waals surface area contributed by atoms with Crippen LogP contribution in [0.15, 0.2) is 53.9 Å². The molecule has 0 aliphatic carbocycles. The Kier molecular flexibility index (Phi) is 10.4. The van der Waals surface area contributed by atoms with Crippen molar-refractivity contribution >= 4 is 29.0 Å². The van der Waals surface area contributed by atoms with Gasteiger partial charge in [0.1, 0.15) is 6.54 Å². The largest absolute Gasteiger partial charge is 0.493 e. The quantitative estimate of drug-likeness (QED) is 0.306. The SMILES string of the molecule is COc1ccc(CCN(Cc2cccs2)C(=O)CN(C[C@@H]2CCCO2)C(=O)Nc2ccc(C)c(C)c2)cc1OC. The van der Waals surface area contributed by atoms with E-state index in [-0.39, 0.29) is 24.6 Å². The van der Waals surface area contributed by atoms with Gasteiger partial charge < -0.3 is 29.3 Å². The van der Waals surface area contributed by atoms with Gasteiger partial charge in [-0.15, -0.1) is 11.3 Å². The lowest BCUT2D eigenvalue weighted by Gasteiger charge is -2.29. The van der Waals surface area contributed by atoms with Crippen molar-refractivity contribution in [2.45, 2.75) is 45.8 Å². The lowest BCUT2D eigenvalue weighted by atomic mass is 10.1. The zero-order valence-corrected chi connectivity index (χ0v) is 24.6. The Morgan fingerprint density at radius 2 is 1.85 bits per heavy atom. The average Bonchev–Trinajstić information content (AvgIpc) is 3.67. The van der Waals surface area contributed by atoms with Crippen LogP contribution in [0.2, 0.25) is 0 Å². The fraction of sp³-hybridized carbons (Fsp3) is 0.419. The normalized spacial score (nSPS) is 14.6. The number of rotatable bonds is 12. The molecule has 1 N–H and O–H groups in total. The number of benzene rings is 2. The second kappa shape index (κ2) is 14.2. The highest BCUT2D eigenvalue weighted by atomic mass is 32.1. The summed E-state index contributed by atoms with van der Waals surface area (Å²) in [6.45, 7) is 6.04. The molecule has 2 aromatic carbocycles. The molecule has 0 bridgehead atoms. The molecule has 1 fully saturated rings. The summed E-state index contributed by atoms with van der Waals surface area (Å²) in [6.07, 6.45) is 2.40. The van der Waals surface area contributed by atoms with Gasteiger partial charge in [-0.1, -0.05) is 18.2 Å². The number of thiophene rings is 1. The van der Waals surface area contributed by atoms with E-state index in [4.69, 9.17) is 14.2 Å². The molecule has 3 amide bonds. The van der Waals surface area contributed by atoms with Gasteiger partial charge in [0, 0.05) is 30.3 Å². The summed E-state index contributed by atoms with van der Waals surface area (Å²) < 4.78 is 16.6. The van der Waals surface area contributed by atoms with Crippen molar-refractivity contribution in [2.75, 3.05) is 45.8 Å². The van der Waals surface area contributed by atoms with Crippen molar-refractivity contribution in [3.8, 4) is 11.5 Å². The molecule has 1 atom stereocenters. The lowest BCUT2D eigenvalue weighted by molar-refractivity contribution is -0.132. The number of hydrogen-bond acceptors (Lipinski definition) is 6. The number of hydrogen-bond donors (Lipinski definition) is 1. The molecule has 4 rings (SSSR count). The van der Waals surface area contributed by atoms with Gasteiger partial charge in [0.15, 0.2) is 11.5 Å². The summed E-state index contributed by atoms with van der Waals surface area (Å²) in [6, 6.07) is 15.3. The van der Waals surface area contributed by atoms with Crippen LogP contribution in [-0.4, -0.2) is 68.3 Å². The zero-order chi connectivity index (χ0) is 28.5. The number of urea groups is 1. The molecule has 0 unspecified atom stereocenters. The van der Waals surface area contributed by atoms with Gasteiger partial charge in [0.05, 0.1) is 26.9 Å². The Balaban J connectivity index is 1.49. The minimum atomic E-state index is -0.303. The van der Waals surface area contributed by atoms with E-state index in [1.165, 1.54) is 0 Å². The highest BCUT2D eigenvalue weighted by Crippen LogP contribution is 2.28. The number of ether oxygens (including phenoxy) is 3. The third-order valence-corrected chi connectivity index (χ3v) is 8.08. The molecule has 0 spiro atoms. The predicted molar refractivity (Wildman–Crippen MR) is 158 cm³/mol. The number of carbonyl (C=O) groups is 2. The van der Waals surface area contributed by atoms with Crippen LogP contribution < -0.4 is 14.8 Å². The van der Waals surface area contributed by atoms with E-state index in [9.17, 15) is 9.59 Å². The molecule has 1 aliphatic heterocycles. The van der Waals surface area contributed by atoms with Gasteiger partial charge in [-0.05, 0) is 85.5 Å². The second-order valence-electron chi connectivity index (χ2n) is 10.1. The van der Waals surface area contributed by atoms with E-state index < -0.39 is 0 Å². The molecule has 0 radical (unpaired) electrons. The standard InChI is InChI=1S/C31H39N3O5S/c1-22-9-11-25(17-23(22)2)32-31(36)34(19-26-7-5-15-39-26)21-30(35)33(20-27-8-6-16-40-27)14-13-24-10-12-28(37-3)29(18-24)38-4/h6,8-12,16-18,26H,5,7,13-15,19-21H2,1-4H3,(H,32,36)/t26-/m0/s1. The van der Waals surface area contributed by atoms with E-state index in [2.05, 4.69) is 5.32 Å². The number of methoxy groups -OCH3 is 2. The second-order valence-corrected chi connectivity index (χ2v) is 11.1. The Hall–Kier alpha value is -3.56. The summed E-state index contributed by atoms with van der Waals surface area (Å²) in [5.41, 5.74) is 3.99. The number of anilines is 1. The summed E-state index contributed by atoms with van der Waals surface area (Å²) in [5.74, 6) is 1.21. The van der Waals surface area contributed by atoms with Gasteiger partial charge in [0.2, 0.25) is 5.91 Å². The van der Waals surface area contributed by atoms with Crippen LogP contribution in [0.4, 0.5) is 10.5 Å².